The van der Waals surface area contributed by atoms with Crippen molar-refractivity contribution in [3.8, 4) is 0 Å². The highest BCUT2D eigenvalue weighted by molar-refractivity contribution is 5.93. The Morgan fingerprint density at radius 1 is 1.15 bits per heavy atom. The summed E-state index contributed by atoms with van der Waals surface area (Å²) in [5.41, 5.74) is -1.25. The van der Waals surface area contributed by atoms with Crippen LogP contribution in [0.5, 0.6) is 0 Å². The van der Waals surface area contributed by atoms with Crippen molar-refractivity contribution in [2.75, 3.05) is 6.61 Å². The number of Topliss-reactive ketones (excluding diaryl/α,β-unsaturated/α-hetero) is 1. The van der Waals surface area contributed by atoms with Gasteiger partial charge in [0.25, 0.3) is 0 Å². The normalized spacial score (nSPS) is 41.8. The van der Waals surface area contributed by atoms with E-state index in [1.165, 1.54) is 6.92 Å². The molecule has 7 nitrogen and oxygen atoms in total. The van der Waals surface area contributed by atoms with Gasteiger partial charge in [-0.2, -0.15) is 0 Å². The van der Waals surface area contributed by atoms with E-state index in [0.717, 1.165) is 24.8 Å². The van der Waals surface area contributed by atoms with Gasteiger partial charge in [-0.3, -0.25) is 19.2 Å². The highest BCUT2D eigenvalue weighted by Gasteiger charge is 2.70. The zero-order valence-corrected chi connectivity index (χ0v) is 20.1. The second kappa shape index (κ2) is 8.33. The molecule has 0 unspecified atom stereocenters. The first kappa shape index (κ1) is 24.1. The number of fused-ring (bicyclic) bond motifs is 5. The minimum atomic E-state index is -1.41. The molecule has 3 saturated carbocycles. The molecule has 0 aromatic heterocycles. The lowest BCUT2D eigenvalue weighted by molar-refractivity contribution is -0.202. The van der Waals surface area contributed by atoms with Crippen molar-refractivity contribution in [2.24, 2.45) is 28.6 Å². The second-order valence-corrected chi connectivity index (χ2v) is 11.0. The number of allylic oxidation sites excluding steroid dienone is 1. The molecule has 0 aliphatic heterocycles. The van der Waals surface area contributed by atoms with Gasteiger partial charge in [0.05, 0.1) is 6.10 Å². The summed E-state index contributed by atoms with van der Waals surface area (Å²) in [5.74, 6) is -0.999. The number of carbonyl (C=O) groups excluding carboxylic acids is 4. The lowest BCUT2D eigenvalue weighted by atomic mass is 9.45. The van der Waals surface area contributed by atoms with Crippen LogP contribution in [-0.2, 0) is 28.7 Å². The maximum atomic E-state index is 13.5. The Bertz CT molecular complexity index is 906. The predicted molar refractivity (Wildman–Crippen MR) is 119 cm³/mol. The molecule has 182 valence electrons. The molecule has 4 aliphatic rings. The van der Waals surface area contributed by atoms with Crippen LogP contribution in [0.1, 0.15) is 79.1 Å². The Kier molecular flexibility index (Phi) is 6.09. The second-order valence-electron chi connectivity index (χ2n) is 11.0. The average molecular weight is 461 g/mol. The molecule has 4 aliphatic carbocycles. The number of aliphatic hydroxyl groups is 1. The van der Waals surface area contributed by atoms with E-state index in [9.17, 15) is 24.3 Å². The fourth-order valence-electron chi connectivity index (χ4n) is 7.91. The molecule has 1 N–H and O–H groups in total. The predicted octanol–water partition coefficient (Wildman–Crippen LogP) is 3.31. The summed E-state index contributed by atoms with van der Waals surface area (Å²) in [6.07, 6.45) is 5.55. The molecule has 33 heavy (non-hydrogen) atoms. The molecule has 7 heteroatoms. The van der Waals surface area contributed by atoms with Gasteiger partial charge in [0.15, 0.2) is 18.0 Å². The van der Waals surface area contributed by atoms with Crippen LogP contribution < -0.4 is 0 Å². The van der Waals surface area contributed by atoms with Gasteiger partial charge in [-0.25, -0.2) is 0 Å². The third kappa shape index (κ3) is 3.58. The summed E-state index contributed by atoms with van der Waals surface area (Å²) in [7, 11) is 0. The van der Waals surface area contributed by atoms with Crippen LogP contribution in [0.3, 0.4) is 0 Å². The molecule has 0 aromatic rings. The third-order valence-electron chi connectivity index (χ3n) is 9.45. The fourth-order valence-corrected chi connectivity index (χ4v) is 7.91. The molecule has 7 atom stereocenters. The lowest BCUT2D eigenvalue weighted by Gasteiger charge is -2.60. The maximum absolute atomic E-state index is 13.5. The van der Waals surface area contributed by atoms with Crippen LogP contribution >= 0.6 is 0 Å². The maximum Gasteiger partial charge on any atom is 0.306 e. The smallest absolute Gasteiger partial charge is 0.306 e. The van der Waals surface area contributed by atoms with Crippen LogP contribution in [0, 0.1) is 28.6 Å². The summed E-state index contributed by atoms with van der Waals surface area (Å²) in [6.45, 7) is 6.64. The van der Waals surface area contributed by atoms with Gasteiger partial charge in [0.1, 0.15) is 0 Å². The number of hydrogen-bond acceptors (Lipinski definition) is 7. The van der Waals surface area contributed by atoms with Crippen molar-refractivity contribution in [3.63, 3.8) is 0 Å². The SMILES string of the molecule is CCC(=O)O[C@]1(C(=O)COC(C)=O)CC[C@H]2[C@@H]3CCC4=CC(=O)CC[C@]4(C)[C@H]3[C@H](O)C[C@@]21C. The van der Waals surface area contributed by atoms with Gasteiger partial charge in [0.2, 0.25) is 5.78 Å². The summed E-state index contributed by atoms with van der Waals surface area (Å²) in [6, 6.07) is 0. The van der Waals surface area contributed by atoms with E-state index in [1.807, 2.05) is 6.92 Å². The van der Waals surface area contributed by atoms with Gasteiger partial charge < -0.3 is 14.6 Å². The molecular weight excluding hydrogens is 424 g/mol. The van der Waals surface area contributed by atoms with Gasteiger partial charge in [0, 0.05) is 25.2 Å². The van der Waals surface area contributed by atoms with Crippen LogP contribution in [0.2, 0.25) is 0 Å². The summed E-state index contributed by atoms with van der Waals surface area (Å²) in [4.78, 5) is 49.4. The van der Waals surface area contributed by atoms with E-state index in [1.54, 1.807) is 13.0 Å². The van der Waals surface area contributed by atoms with Crippen molar-refractivity contribution >= 4 is 23.5 Å². The minimum absolute atomic E-state index is 0.00456. The molecule has 0 amide bonds. The van der Waals surface area contributed by atoms with E-state index in [0.29, 0.717) is 25.7 Å². The van der Waals surface area contributed by atoms with E-state index in [2.05, 4.69) is 6.92 Å². The molecule has 0 bridgehead atoms. The minimum Gasteiger partial charge on any atom is -0.458 e. The number of ether oxygens (including phenoxy) is 2. The van der Waals surface area contributed by atoms with Crippen molar-refractivity contribution in [2.45, 2.75) is 90.8 Å². The van der Waals surface area contributed by atoms with Crippen molar-refractivity contribution in [3.05, 3.63) is 11.6 Å². The van der Waals surface area contributed by atoms with Gasteiger partial charge in [-0.1, -0.05) is 26.3 Å². The third-order valence-corrected chi connectivity index (χ3v) is 9.45. The van der Waals surface area contributed by atoms with E-state index >= 15 is 0 Å². The first-order valence-corrected chi connectivity index (χ1v) is 12.3. The standard InChI is InChI=1S/C26H36O7/c1-5-22(31)33-26(21(30)14-32-15(2)27)11-9-19-18-7-6-16-12-17(28)8-10-24(16,3)23(18)20(29)13-25(19,26)4/h12,18-20,23,29H,5-11,13-14H2,1-4H3/t18-,19-,20+,23+,24-,25-,26-/m0/s1. The van der Waals surface area contributed by atoms with E-state index in [4.69, 9.17) is 9.47 Å². The number of aliphatic hydroxyl groups excluding tert-OH is 1. The molecular formula is C26H36O7. The zero-order valence-electron chi connectivity index (χ0n) is 20.1. The molecule has 0 aromatic carbocycles. The van der Waals surface area contributed by atoms with Gasteiger partial charge in [-0.15, -0.1) is 0 Å². The van der Waals surface area contributed by atoms with Crippen LogP contribution in [0.4, 0.5) is 0 Å². The molecule has 0 radical (unpaired) electrons. The van der Waals surface area contributed by atoms with Crippen molar-refractivity contribution in [1.29, 1.82) is 0 Å². The van der Waals surface area contributed by atoms with E-state index in [-0.39, 0.29) is 35.4 Å². The Labute approximate surface area is 195 Å². The Hall–Kier alpha value is -2.02. The van der Waals surface area contributed by atoms with Crippen molar-refractivity contribution < 1.29 is 33.8 Å². The molecule has 0 heterocycles. The zero-order chi connectivity index (χ0) is 24.2. The van der Waals surface area contributed by atoms with Crippen molar-refractivity contribution in [1.82, 2.24) is 0 Å². The Morgan fingerprint density at radius 2 is 1.88 bits per heavy atom. The molecule has 4 rings (SSSR count). The van der Waals surface area contributed by atoms with Crippen LogP contribution in [-0.4, -0.2) is 46.9 Å². The number of rotatable bonds is 5. The Morgan fingerprint density at radius 3 is 2.55 bits per heavy atom. The average Bonchev–Trinajstić information content (AvgIpc) is 3.04. The summed E-state index contributed by atoms with van der Waals surface area (Å²) in [5, 5.41) is 11.6. The summed E-state index contributed by atoms with van der Waals surface area (Å²) < 4.78 is 11.0. The number of hydrogen-bond donors (Lipinski definition) is 1. The van der Waals surface area contributed by atoms with Crippen LogP contribution in [0.25, 0.3) is 0 Å². The molecule has 3 fully saturated rings. The number of carbonyl (C=O) groups is 4. The monoisotopic (exact) mass is 460 g/mol. The van der Waals surface area contributed by atoms with E-state index < -0.39 is 41.4 Å². The first-order valence-electron chi connectivity index (χ1n) is 12.3. The number of ketones is 2. The van der Waals surface area contributed by atoms with Gasteiger partial charge >= 0.3 is 11.9 Å². The topological polar surface area (TPSA) is 107 Å². The largest absolute Gasteiger partial charge is 0.458 e. The highest BCUT2D eigenvalue weighted by atomic mass is 16.6. The molecule has 0 saturated heterocycles. The first-order chi connectivity index (χ1) is 15.5. The quantitative estimate of drug-likeness (QED) is 0.627. The molecule has 0 spiro atoms. The van der Waals surface area contributed by atoms with Crippen LogP contribution in [0.15, 0.2) is 11.6 Å². The lowest BCUT2D eigenvalue weighted by Crippen LogP contribution is -2.63. The highest BCUT2D eigenvalue weighted by Crippen LogP contribution is 2.68. The Balaban J connectivity index is 1.72. The van der Waals surface area contributed by atoms with Gasteiger partial charge in [-0.05, 0) is 67.8 Å². The summed E-state index contributed by atoms with van der Waals surface area (Å²) >= 11 is 0. The fraction of sp³-hybridized carbons (Fsp3) is 0.769. The number of esters is 2.